The molecule has 31 heavy (non-hydrogen) atoms. The van der Waals surface area contributed by atoms with Crippen molar-refractivity contribution in [1.29, 1.82) is 0 Å². The Balaban J connectivity index is 1.71. The molecule has 1 atom stereocenters. The summed E-state index contributed by atoms with van der Waals surface area (Å²) in [5, 5.41) is 12.2. The number of methoxy groups -OCH3 is 1. The number of aromatic carboxylic acids is 1. The largest absolute Gasteiger partial charge is 0.495 e. The summed E-state index contributed by atoms with van der Waals surface area (Å²) >= 11 is 0. The van der Waals surface area contributed by atoms with Gasteiger partial charge in [0.15, 0.2) is 12.0 Å². The lowest BCUT2D eigenvalue weighted by Gasteiger charge is -2.30. The van der Waals surface area contributed by atoms with Crippen molar-refractivity contribution in [2.24, 2.45) is 0 Å². The number of fused-ring (bicyclic) bond motifs is 1. The van der Waals surface area contributed by atoms with E-state index in [-0.39, 0.29) is 24.1 Å². The monoisotopic (exact) mass is 429 g/mol. The maximum atomic E-state index is 14.6. The Morgan fingerprint density at radius 2 is 2.06 bits per heavy atom. The lowest BCUT2D eigenvalue weighted by molar-refractivity contribution is -0.122. The minimum Gasteiger partial charge on any atom is -0.495 e. The number of carbonyl (C=O) groups is 2. The van der Waals surface area contributed by atoms with Crippen molar-refractivity contribution in [1.82, 2.24) is 9.97 Å². The van der Waals surface area contributed by atoms with Crippen molar-refractivity contribution in [3.63, 3.8) is 0 Å². The van der Waals surface area contributed by atoms with Gasteiger partial charge in [-0.1, -0.05) is 12.8 Å². The van der Waals surface area contributed by atoms with Crippen LogP contribution in [0, 0.1) is 0 Å². The maximum absolute atomic E-state index is 14.6. The Labute approximate surface area is 178 Å². The topological polar surface area (TPSA) is 108 Å². The van der Waals surface area contributed by atoms with Crippen LogP contribution < -0.4 is 19.9 Å². The number of carboxylic acid groups (broad SMARTS) is 1. The van der Waals surface area contributed by atoms with Crippen LogP contribution in [0.2, 0.25) is 0 Å². The van der Waals surface area contributed by atoms with Crippen molar-refractivity contribution < 1.29 is 23.8 Å². The molecule has 0 spiro atoms. The van der Waals surface area contributed by atoms with Crippen molar-refractivity contribution in [3.05, 3.63) is 30.0 Å². The third kappa shape index (κ3) is 3.97. The number of amides is 1. The number of rotatable bonds is 5. The molecule has 1 amide bonds. The number of hydrogen-bond donors (Lipinski definition) is 2. The predicted molar refractivity (Wildman–Crippen MR) is 113 cm³/mol. The number of ether oxygens (including phenoxy) is 1. The fourth-order valence-electron chi connectivity index (χ4n) is 4.13. The number of aromatic nitrogens is 2. The first-order chi connectivity index (χ1) is 14.9. The minimum absolute atomic E-state index is 0.0477. The molecule has 1 fully saturated rings. The van der Waals surface area contributed by atoms with E-state index in [0.717, 1.165) is 25.7 Å². The second-order valence-electron chi connectivity index (χ2n) is 7.70. The van der Waals surface area contributed by atoms with Crippen LogP contribution in [0.1, 0.15) is 36.0 Å². The number of nitrogens with zero attached hydrogens (tertiary/aromatic N) is 4. The smallest absolute Gasteiger partial charge is 0.335 e. The normalized spacial score (nSPS) is 19.2. The molecule has 1 aromatic heterocycles. The molecule has 2 aliphatic rings. The highest BCUT2D eigenvalue weighted by atomic mass is 19.1. The van der Waals surface area contributed by atoms with Gasteiger partial charge < -0.3 is 25.0 Å². The number of carboxylic acids is 1. The van der Waals surface area contributed by atoms with Gasteiger partial charge >= 0.3 is 5.97 Å². The molecule has 1 aliphatic heterocycles. The maximum Gasteiger partial charge on any atom is 0.335 e. The number of halogens is 1. The summed E-state index contributed by atoms with van der Waals surface area (Å²) in [6, 6.07) is 4.53. The van der Waals surface area contributed by atoms with Gasteiger partial charge in [0.2, 0.25) is 5.95 Å². The van der Waals surface area contributed by atoms with E-state index in [0.29, 0.717) is 22.9 Å². The van der Waals surface area contributed by atoms with Gasteiger partial charge in [-0.25, -0.2) is 14.2 Å². The molecular weight excluding hydrogens is 405 g/mol. The first-order valence-corrected chi connectivity index (χ1v) is 10.1. The Bertz CT molecular complexity index is 1010. The number of benzene rings is 1. The zero-order chi connectivity index (χ0) is 22.1. The quantitative estimate of drug-likeness (QED) is 0.747. The average Bonchev–Trinajstić information content (AvgIpc) is 3.28. The third-order valence-electron chi connectivity index (χ3n) is 5.80. The molecule has 9 nitrogen and oxygen atoms in total. The van der Waals surface area contributed by atoms with Crippen LogP contribution in [0.15, 0.2) is 24.4 Å². The molecule has 1 unspecified atom stereocenters. The van der Waals surface area contributed by atoms with Gasteiger partial charge in [-0.05, 0) is 31.0 Å². The van der Waals surface area contributed by atoms with Crippen molar-refractivity contribution in [3.8, 4) is 5.75 Å². The molecule has 0 saturated heterocycles. The average molecular weight is 429 g/mol. The van der Waals surface area contributed by atoms with Gasteiger partial charge in [0, 0.05) is 13.1 Å². The summed E-state index contributed by atoms with van der Waals surface area (Å²) in [4.78, 5) is 35.7. The summed E-state index contributed by atoms with van der Waals surface area (Å²) in [6.07, 6.45) is 3.81. The van der Waals surface area contributed by atoms with Crippen LogP contribution in [0.25, 0.3) is 0 Å². The minimum atomic E-state index is -1.64. The van der Waals surface area contributed by atoms with Crippen molar-refractivity contribution >= 4 is 35.0 Å². The lowest BCUT2D eigenvalue weighted by atomic mass is 10.2. The molecule has 4 rings (SSSR count). The molecule has 2 N–H and O–H groups in total. The van der Waals surface area contributed by atoms with E-state index in [4.69, 9.17) is 4.74 Å². The molecule has 1 aliphatic carbocycles. The van der Waals surface area contributed by atoms with Crippen molar-refractivity contribution in [2.45, 2.75) is 37.9 Å². The van der Waals surface area contributed by atoms with Gasteiger partial charge in [-0.2, -0.15) is 4.98 Å². The zero-order valence-electron chi connectivity index (χ0n) is 17.3. The Hall–Kier alpha value is -3.43. The third-order valence-corrected chi connectivity index (χ3v) is 5.80. The second kappa shape index (κ2) is 8.37. The summed E-state index contributed by atoms with van der Waals surface area (Å²) in [5.74, 6) is -0.617. The van der Waals surface area contributed by atoms with Crippen LogP contribution in [-0.4, -0.2) is 59.9 Å². The summed E-state index contributed by atoms with van der Waals surface area (Å²) in [5.41, 5.74) is 1.03. The van der Waals surface area contributed by atoms with Gasteiger partial charge in [-0.15, -0.1) is 0 Å². The van der Waals surface area contributed by atoms with Gasteiger partial charge in [-0.3, -0.25) is 4.79 Å². The van der Waals surface area contributed by atoms with E-state index in [1.54, 1.807) is 6.07 Å². The van der Waals surface area contributed by atoms with E-state index in [2.05, 4.69) is 15.3 Å². The number of anilines is 4. The van der Waals surface area contributed by atoms with Crippen molar-refractivity contribution in [2.75, 3.05) is 35.8 Å². The van der Waals surface area contributed by atoms with E-state index in [1.807, 2.05) is 4.90 Å². The SMILES string of the molecule is COc1cc(C(=O)O)ccc1Nc1ncc2c(n1)N(C1CCCC1)CC(F)C(=O)N2C. The van der Waals surface area contributed by atoms with E-state index >= 15 is 0 Å². The molecule has 2 aromatic rings. The predicted octanol–water partition coefficient (Wildman–Crippen LogP) is 2.99. The molecular formula is C21H24FN5O4. The van der Waals surface area contributed by atoms with E-state index in [1.165, 1.54) is 37.4 Å². The highest BCUT2D eigenvalue weighted by Gasteiger charge is 2.37. The molecule has 10 heteroatoms. The number of nitrogens with one attached hydrogen (secondary N) is 1. The number of carbonyl (C=O) groups excluding carboxylic acids is 1. The van der Waals surface area contributed by atoms with Crippen LogP contribution in [-0.2, 0) is 4.79 Å². The molecule has 1 saturated carbocycles. The molecule has 1 aromatic carbocycles. The molecule has 2 heterocycles. The summed E-state index contributed by atoms with van der Waals surface area (Å²) in [6.45, 7) is -0.0477. The Morgan fingerprint density at radius 3 is 2.74 bits per heavy atom. The second-order valence-corrected chi connectivity index (χ2v) is 7.70. The van der Waals surface area contributed by atoms with E-state index in [9.17, 15) is 19.1 Å². The van der Waals surface area contributed by atoms with Crippen LogP contribution in [0.4, 0.5) is 27.5 Å². The summed E-state index contributed by atoms with van der Waals surface area (Å²) < 4.78 is 19.9. The standard InChI is InChI=1S/C21H24FN5O4/c1-26-16-10-23-21(24-15-8-7-12(20(29)30)9-17(15)31-2)25-18(16)27(11-14(22)19(26)28)13-5-3-4-6-13/h7-10,13-14H,3-6,11H2,1-2H3,(H,29,30)(H,23,24,25). The highest BCUT2D eigenvalue weighted by Crippen LogP contribution is 2.37. The Kier molecular flexibility index (Phi) is 5.62. The lowest BCUT2D eigenvalue weighted by Crippen LogP contribution is -2.41. The van der Waals surface area contributed by atoms with Gasteiger partial charge in [0.1, 0.15) is 11.4 Å². The van der Waals surface area contributed by atoms with Gasteiger partial charge in [0.25, 0.3) is 5.91 Å². The number of hydrogen-bond acceptors (Lipinski definition) is 7. The molecule has 164 valence electrons. The number of alkyl halides is 1. The fourth-order valence-corrected chi connectivity index (χ4v) is 4.13. The molecule has 0 bridgehead atoms. The molecule has 0 radical (unpaired) electrons. The summed E-state index contributed by atoms with van der Waals surface area (Å²) in [7, 11) is 2.96. The zero-order valence-corrected chi connectivity index (χ0v) is 17.3. The van der Waals surface area contributed by atoms with Crippen LogP contribution in [0.5, 0.6) is 5.75 Å². The van der Waals surface area contributed by atoms with E-state index < -0.39 is 18.0 Å². The first-order valence-electron chi connectivity index (χ1n) is 10.1. The van der Waals surface area contributed by atoms with Crippen LogP contribution in [0.3, 0.4) is 0 Å². The fraction of sp³-hybridized carbons (Fsp3) is 0.429. The van der Waals surface area contributed by atoms with Crippen LogP contribution >= 0.6 is 0 Å². The van der Waals surface area contributed by atoms with Gasteiger partial charge in [0.05, 0.1) is 31.1 Å². The first kappa shape index (κ1) is 20.8. The Morgan fingerprint density at radius 1 is 1.32 bits per heavy atom. The highest BCUT2D eigenvalue weighted by molar-refractivity contribution is 6.00.